The first kappa shape index (κ1) is 42.8. The SMILES string of the molecule is [Pt].[Pt].[c-]1ccccc1N1[CH-]N(c2ccccc2)N=C1c1ccccc1.[c-]1ccccc1N1[CH-]N(c2ccccc2)N=C1c1ccccc1.c1cn[n-]c1.c1cn[n-]c1. The molecule has 0 spiro atoms. The average Bonchev–Trinajstić information content (AvgIpc) is 4.15. The molecular formula is C46H36N10Pt2-6. The Morgan fingerprint density at radius 1 is 0.414 bits per heavy atom. The summed E-state index contributed by atoms with van der Waals surface area (Å²) < 4.78 is 0. The molecule has 0 unspecified atom stereocenters. The van der Waals surface area contributed by atoms with Crippen LogP contribution in [-0.2, 0) is 42.1 Å². The van der Waals surface area contributed by atoms with Crippen LogP contribution in [0.2, 0.25) is 0 Å². The van der Waals surface area contributed by atoms with Gasteiger partial charge in [0.25, 0.3) is 0 Å². The minimum Gasteiger partial charge on any atom is -0.582 e. The van der Waals surface area contributed by atoms with Gasteiger partial charge in [0.2, 0.25) is 0 Å². The summed E-state index contributed by atoms with van der Waals surface area (Å²) in [4.78, 5) is 4.12. The Hall–Kier alpha value is -6.34. The molecule has 4 heterocycles. The van der Waals surface area contributed by atoms with Crippen molar-refractivity contribution in [3.8, 4) is 0 Å². The number of amidine groups is 2. The van der Waals surface area contributed by atoms with E-state index in [2.05, 4.69) is 66.6 Å². The molecule has 8 aromatic rings. The molecule has 0 saturated heterocycles. The van der Waals surface area contributed by atoms with E-state index in [0.717, 1.165) is 45.5 Å². The Morgan fingerprint density at radius 2 is 0.776 bits per heavy atom. The van der Waals surface area contributed by atoms with Crippen molar-refractivity contribution in [2.45, 2.75) is 0 Å². The summed E-state index contributed by atoms with van der Waals surface area (Å²) >= 11 is 0. The van der Waals surface area contributed by atoms with E-state index in [-0.39, 0.29) is 42.1 Å². The van der Waals surface area contributed by atoms with E-state index in [4.69, 9.17) is 10.2 Å². The molecule has 0 aliphatic carbocycles. The van der Waals surface area contributed by atoms with Crippen molar-refractivity contribution < 1.29 is 42.1 Å². The van der Waals surface area contributed by atoms with Crippen LogP contribution in [0.4, 0.5) is 22.7 Å². The van der Waals surface area contributed by atoms with Gasteiger partial charge in [0.15, 0.2) is 0 Å². The molecule has 2 aliphatic heterocycles. The first-order valence-corrected chi connectivity index (χ1v) is 17.8. The number of hydrazone groups is 2. The van der Waals surface area contributed by atoms with Crippen LogP contribution in [0.1, 0.15) is 11.1 Å². The molecule has 0 N–H and O–H groups in total. The van der Waals surface area contributed by atoms with Gasteiger partial charge in [-0.15, -0.1) is 24.7 Å². The fraction of sp³-hybridized carbons (Fsp3) is 0. The summed E-state index contributed by atoms with van der Waals surface area (Å²) in [6.07, 6.45) is 6.56. The second-order valence-corrected chi connectivity index (χ2v) is 11.8. The van der Waals surface area contributed by atoms with Gasteiger partial charge in [-0.25, -0.2) is 0 Å². The largest absolute Gasteiger partial charge is 0.582 e. The van der Waals surface area contributed by atoms with Gasteiger partial charge in [0.1, 0.15) is 11.7 Å². The zero-order valence-electron chi connectivity index (χ0n) is 30.9. The maximum Gasteiger partial charge on any atom is 0.128 e. The molecule has 6 aromatic carbocycles. The summed E-state index contributed by atoms with van der Waals surface area (Å²) in [5, 5.41) is 27.2. The Morgan fingerprint density at radius 3 is 1.07 bits per heavy atom. The average molecular weight is 1120 g/mol. The second-order valence-electron chi connectivity index (χ2n) is 11.8. The monoisotopic (exact) mass is 1120 g/mol. The number of para-hydroxylation sites is 4. The Labute approximate surface area is 368 Å². The zero-order chi connectivity index (χ0) is 38.0. The fourth-order valence-electron chi connectivity index (χ4n) is 5.46. The second kappa shape index (κ2) is 23.0. The Bertz CT molecular complexity index is 2110. The van der Waals surface area contributed by atoms with E-state index in [9.17, 15) is 0 Å². The van der Waals surface area contributed by atoms with Gasteiger partial charge in [-0.2, -0.15) is 83.3 Å². The molecule has 0 fully saturated rings. The van der Waals surface area contributed by atoms with Gasteiger partial charge >= 0.3 is 0 Å². The molecule has 0 atom stereocenters. The van der Waals surface area contributed by atoms with Crippen molar-refractivity contribution >= 4 is 34.4 Å². The first-order valence-electron chi connectivity index (χ1n) is 17.8. The minimum absolute atomic E-state index is 0. The van der Waals surface area contributed by atoms with Crippen LogP contribution >= 0.6 is 0 Å². The van der Waals surface area contributed by atoms with E-state index in [1.165, 1.54) is 0 Å². The molecule has 0 bridgehead atoms. The molecule has 12 heteroatoms. The third-order valence-corrected chi connectivity index (χ3v) is 8.07. The first-order chi connectivity index (χ1) is 27.8. The van der Waals surface area contributed by atoms with Crippen molar-refractivity contribution in [2.75, 3.05) is 19.8 Å². The van der Waals surface area contributed by atoms with Crippen LogP contribution in [0.5, 0.6) is 0 Å². The van der Waals surface area contributed by atoms with Gasteiger partial charge in [-0.3, -0.25) is 0 Å². The van der Waals surface area contributed by atoms with Gasteiger partial charge in [0.05, 0.1) is 0 Å². The molecule has 0 radical (unpaired) electrons. The van der Waals surface area contributed by atoms with Gasteiger partial charge in [-0.05, 0) is 24.3 Å². The van der Waals surface area contributed by atoms with E-state index in [1.807, 2.05) is 169 Å². The Balaban J connectivity index is 0.000000173. The smallest absolute Gasteiger partial charge is 0.128 e. The summed E-state index contributed by atoms with van der Waals surface area (Å²) in [7, 11) is 0. The number of nitrogens with zero attached hydrogens (tertiary/aromatic N) is 10. The summed E-state index contributed by atoms with van der Waals surface area (Å²) in [6.45, 7) is 3.98. The summed E-state index contributed by atoms with van der Waals surface area (Å²) in [5.41, 5.74) is 6.12. The minimum atomic E-state index is 0. The molecule has 2 aromatic heterocycles. The quantitative estimate of drug-likeness (QED) is 0.153. The predicted molar refractivity (Wildman–Crippen MR) is 223 cm³/mol. The van der Waals surface area contributed by atoms with Crippen molar-refractivity contribution in [2.24, 2.45) is 10.2 Å². The molecule has 0 saturated carbocycles. The molecule has 10 rings (SSSR count). The van der Waals surface area contributed by atoms with Crippen molar-refractivity contribution in [1.29, 1.82) is 0 Å². The van der Waals surface area contributed by atoms with Crippen LogP contribution in [0, 0.1) is 25.5 Å². The number of hydrogen-bond acceptors (Lipinski definition) is 8. The van der Waals surface area contributed by atoms with Gasteiger partial charge in [0, 0.05) is 77.0 Å². The Kier molecular flexibility index (Phi) is 17.0. The zero-order valence-corrected chi connectivity index (χ0v) is 35.4. The van der Waals surface area contributed by atoms with Crippen molar-refractivity contribution in [3.63, 3.8) is 0 Å². The number of rotatable bonds is 6. The standard InChI is InChI=1S/2C20H15N3.2C3H3N2.2Pt/c2*1-4-10-17(11-5-1)20-21-23(19-14-8-3-9-15-19)16-22(20)18-12-6-2-7-13-18;2*1-2-4-5-3-1;;/h2*1-12,14-16H;2*1-3H;;/q2*-2;2*-1;;. The molecule has 296 valence electrons. The fourth-order valence-corrected chi connectivity index (χ4v) is 5.46. The van der Waals surface area contributed by atoms with Gasteiger partial charge < -0.3 is 40.2 Å². The normalized spacial score (nSPS) is 12.5. The number of benzene rings is 6. The van der Waals surface area contributed by atoms with Crippen LogP contribution in [0.25, 0.3) is 0 Å². The third-order valence-electron chi connectivity index (χ3n) is 8.07. The molecule has 2 aliphatic rings. The van der Waals surface area contributed by atoms with E-state index in [1.54, 1.807) is 36.9 Å². The van der Waals surface area contributed by atoms with Crippen molar-refractivity contribution in [3.05, 3.63) is 243 Å². The van der Waals surface area contributed by atoms with Crippen LogP contribution in [0.3, 0.4) is 0 Å². The summed E-state index contributed by atoms with van der Waals surface area (Å²) in [5.74, 6) is 1.77. The topological polar surface area (TPSA) is 91.7 Å². The van der Waals surface area contributed by atoms with Gasteiger partial charge in [-0.1, -0.05) is 109 Å². The summed E-state index contributed by atoms with van der Waals surface area (Å²) in [6, 6.07) is 66.5. The van der Waals surface area contributed by atoms with E-state index < -0.39 is 0 Å². The van der Waals surface area contributed by atoms with E-state index >= 15 is 0 Å². The molecule has 0 amide bonds. The maximum absolute atomic E-state index is 4.79. The van der Waals surface area contributed by atoms with Crippen molar-refractivity contribution in [1.82, 2.24) is 20.4 Å². The molecular weight excluding hydrogens is 1080 g/mol. The van der Waals surface area contributed by atoms with E-state index in [0.29, 0.717) is 0 Å². The number of anilines is 4. The van der Waals surface area contributed by atoms with Crippen LogP contribution < -0.4 is 30.0 Å². The van der Waals surface area contributed by atoms with Crippen LogP contribution in [0.15, 0.2) is 217 Å². The van der Waals surface area contributed by atoms with Crippen LogP contribution in [-0.4, -0.2) is 21.9 Å². The molecule has 58 heavy (non-hydrogen) atoms. The number of aromatic nitrogens is 4. The maximum atomic E-state index is 4.79. The molecule has 10 nitrogen and oxygen atoms in total. The third kappa shape index (κ3) is 11.8. The predicted octanol–water partition coefficient (Wildman–Crippen LogP) is 8.66. The number of hydrogen-bond donors (Lipinski definition) is 0.